The van der Waals surface area contributed by atoms with Crippen LogP contribution in [0.5, 0.6) is 0 Å². The normalized spacial score (nSPS) is 13.7. The zero-order valence-corrected chi connectivity index (χ0v) is 37.6. The molecule has 328 valence electrons. The summed E-state index contributed by atoms with van der Waals surface area (Å²) < 4.78 is 0. The number of amides is 1. The van der Waals surface area contributed by atoms with Gasteiger partial charge in [-0.25, -0.2) is 0 Å². The summed E-state index contributed by atoms with van der Waals surface area (Å²) in [5.41, 5.74) is 0. The van der Waals surface area contributed by atoms with Crippen molar-refractivity contribution in [2.24, 2.45) is 0 Å². The second-order valence-electron chi connectivity index (χ2n) is 16.2. The first kappa shape index (κ1) is 54.6. The molecule has 0 rings (SSSR count). The first-order valence-electron chi connectivity index (χ1n) is 24.3. The van der Waals surface area contributed by atoms with E-state index in [2.05, 4.69) is 104 Å². The number of carbonyl (C=O) groups is 1. The van der Waals surface area contributed by atoms with E-state index in [0.29, 0.717) is 12.8 Å². The van der Waals surface area contributed by atoms with Crippen LogP contribution in [0.25, 0.3) is 0 Å². The third kappa shape index (κ3) is 44.5. The molecule has 0 aliphatic carbocycles. The van der Waals surface area contributed by atoms with Crippen molar-refractivity contribution in [2.75, 3.05) is 6.61 Å². The number of nitrogens with one attached hydrogen (secondary N) is 1. The lowest BCUT2D eigenvalue weighted by Crippen LogP contribution is -2.45. The third-order valence-corrected chi connectivity index (χ3v) is 10.7. The molecule has 0 aromatic carbocycles. The molecule has 1 amide bonds. The van der Waals surface area contributed by atoms with Gasteiger partial charge in [0.2, 0.25) is 5.91 Å². The molecule has 0 bridgehead atoms. The Labute approximate surface area is 354 Å². The molecule has 0 aliphatic rings. The Kier molecular flexibility index (Phi) is 45.9. The molecule has 0 saturated carbocycles. The standard InChI is InChI=1S/C53H93NO3/c1-3-5-7-9-11-13-15-17-19-21-23-25-27-29-31-33-35-37-39-41-43-45-47-49-53(57)54-51(50-55)52(56)48-46-44-42-40-38-36-34-32-30-28-26-24-22-20-18-16-14-12-10-8-6-4-2/h5,7,11,13,17,19,23,25,29,31,35,37,41,43,51-52,55-56H,3-4,6,8-10,12,14-16,18,20-22,24,26-28,30,32-34,36,38-40,42,44-50H2,1-2H3,(H,54,57)/b7-5-,13-11-,19-17-,25-23-,31-29-,37-35-,43-41-. The molecule has 0 aromatic heterocycles. The summed E-state index contributed by atoms with van der Waals surface area (Å²) in [4.78, 5) is 12.4. The van der Waals surface area contributed by atoms with Crippen molar-refractivity contribution in [3.63, 3.8) is 0 Å². The van der Waals surface area contributed by atoms with Crippen molar-refractivity contribution in [3.05, 3.63) is 85.1 Å². The summed E-state index contributed by atoms with van der Waals surface area (Å²) in [7, 11) is 0. The van der Waals surface area contributed by atoms with Crippen LogP contribution in [0.1, 0.15) is 226 Å². The molecule has 0 saturated heterocycles. The lowest BCUT2D eigenvalue weighted by molar-refractivity contribution is -0.123. The van der Waals surface area contributed by atoms with Crippen LogP contribution in [-0.2, 0) is 4.79 Å². The predicted octanol–water partition coefficient (Wildman–Crippen LogP) is 15.6. The van der Waals surface area contributed by atoms with Gasteiger partial charge in [0.05, 0.1) is 18.8 Å². The SMILES string of the molecule is CC/C=C\C/C=C\C/C=C\C/C=C\C/C=C\C/C=C\C/C=C\CCCC(=O)NC(CO)C(O)CCCCCCCCCCCCCCCCCCCCCCCC. The maximum Gasteiger partial charge on any atom is 0.220 e. The molecule has 0 fully saturated rings. The van der Waals surface area contributed by atoms with Crippen LogP contribution in [0.3, 0.4) is 0 Å². The third-order valence-electron chi connectivity index (χ3n) is 10.7. The first-order chi connectivity index (χ1) is 28.2. The smallest absolute Gasteiger partial charge is 0.220 e. The van der Waals surface area contributed by atoms with Crippen molar-refractivity contribution in [2.45, 2.75) is 238 Å². The Morgan fingerprint density at radius 1 is 0.439 bits per heavy atom. The molecule has 0 aliphatic heterocycles. The van der Waals surface area contributed by atoms with Crippen LogP contribution in [0.15, 0.2) is 85.1 Å². The molecule has 4 heteroatoms. The van der Waals surface area contributed by atoms with Gasteiger partial charge in [-0.3, -0.25) is 4.79 Å². The number of allylic oxidation sites excluding steroid dienone is 14. The van der Waals surface area contributed by atoms with E-state index in [1.165, 1.54) is 128 Å². The minimum Gasteiger partial charge on any atom is -0.394 e. The van der Waals surface area contributed by atoms with E-state index in [0.717, 1.165) is 70.6 Å². The minimum atomic E-state index is -0.689. The fraction of sp³-hybridized carbons (Fsp3) is 0.717. The number of hydrogen-bond acceptors (Lipinski definition) is 3. The zero-order chi connectivity index (χ0) is 41.4. The Morgan fingerprint density at radius 2 is 0.754 bits per heavy atom. The van der Waals surface area contributed by atoms with Crippen LogP contribution >= 0.6 is 0 Å². The van der Waals surface area contributed by atoms with Crippen molar-refractivity contribution in [1.82, 2.24) is 5.32 Å². The molecular formula is C53H93NO3. The van der Waals surface area contributed by atoms with Gasteiger partial charge < -0.3 is 15.5 Å². The van der Waals surface area contributed by atoms with E-state index in [4.69, 9.17) is 0 Å². The Balaban J connectivity index is 3.64. The maximum atomic E-state index is 12.4. The second-order valence-corrected chi connectivity index (χ2v) is 16.2. The molecule has 0 aromatic rings. The zero-order valence-electron chi connectivity index (χ0n) is 37.6. The van der Waals surface area contributed by atoms with E-state index in [-0.39, 0.29) is 12.5 Å². The van der Waals surface area contributed by atoms with E-state index in [1.807, 2.05) is 0 Å². The molecule has 3 N–H and O–H groups in total. The van der Waals surface area contributed by atoms with Gasteiger partial charge in [-0.05, 0) is 64.2 Å². The highest BCUT2D eigenvalue weighted by Gasteiger charge is 2.19. The Morgan fingerprint density at radius 3 is 1.09 bits per heavy atom. The highest BCUT2D eigenvalue weighted by atomic mass is 16.3. The van der Waals surface area contributed by atoms with Crippen LogP contribution in [0, 0.1) is 0 Å². The van der Waals surface area contributed by atoms with Gasteiger partial charge in [-0.15, -0.1) is 0 Å². The highest BCUT2D eigenvalue weighted by molar-refractivity contribution is 5.76. The number of aliphatic hydroxyl groups is 2. The van der Waals surface area contributed by atoms with Crippen molar-refractivity contribution >= 4 is 5.91 Å². The van der Waals surface area contributed by atoms with Gasteiger partial charge in [0.15, 0.2) is 0 Å². The van der Waals surface area contributed by atoms with E-state index >= 15 is 0 Å². The summed E-state index contributed by atoms with van der Waals surface area (Å²) in [5, 5.41) is 23.2. The monoisotopic (exact) mass is 792 g/mol. The van der Waals surface area contributed by atoms with Crippen LogP contribution in [0.4, 0.5) is 0 Å². The summed E-state index contributed by atoms with van der Waals surface area (Å²) in [6, 6.07) is -0.573. The van der Waals surface area contributed by atoms with Crippen LogP contribution in [-0.4, -0.2) is 34.9 Å². The Bertz CT molecular complexity index is 1030. The predicted molar refractivity (Wildman–Crippen MR) is 253 cm³/mol. The molecule has 0 heterocycles. The fourth-order valence-electron chi connectivity index (χ4n) is 7.00. The van der Waals surface area contributed by atoms with Gasteiger partial charge in [-0.2, -0.15) is 0 Å². The van der Waals surface area contributed by atoms with Crippen molar-refractivity contribution in [3.8, 4) is 0 Å². The van der Waals surface area contributed by atoms with E-state index < -0.39 is 12.1 Å². The second kappa shape index (κ2) is 47.9. The summed E-state index contributed by atoms with van der Waals surface area (Å²) in [5.74, 6) is -0.0902. The van der Waals surface area contributed by atoms with Gasteiger partial charge in [-0.1, -0.05) is 240 Å². The minimum absolute atomic E-state index is 0.0902. The average Bonchev–Trinajstić information content (AvgIpc) is 3.22. The van der Waals surface area contributed by atoms with Gasteiger partial charge >= 0.3 is 0 Å². The van der Waals surface area contributed by atoms with E-state index in [1.54, 1.807) is 0 Å². The van der Waals surface area contributed by atoms with Gasteiger partial charge in [0.1, 0.15) is 0 Å². The molecule has 2 unspecified atom stereocenters. The Hall–Kier alpha value is -2.43. The number of hydrogen-bond donors (Lipinski definition) is 3. The fourth-order valence-corrected chi connectivity index (χ4v) is 7.00. The lowest BCUT2D eigenvalue weighted by atomic mass is 10.0. The average molecular weight is 792 g/mol. The number of unbranched alkanes of at least 4 members (excludes halogenated alkanes) is 22. The van der Waals surface area contributed by atoms with Gasteiger partial charge in [0.25, 0.3) is 0 Å². The number of rotatable bonds is 43. The first-order valence-corrected chi connectivity index (χ1v) is 24.3. The lowest BCUT2D eigenvalue weighted by Gasteiger charge is -2.22. The molecule has 2 atom stereocenters. The van der Waals surface area contributed by atoms with Crippen molar-refractivity contribution < 1.29 is 15.0 Å². The van der Waals surface area contributed by atoms with Crippen molar-refractivity contribution in [1.29, 1.82) is 0 Å². The quantitative estimate of drug-likeness (QED) is 0.0425. The van der Waals surface area contributed by atoms with E-state index in [9.17, 15) is 15.0 Å². The number of aliphatic hydroxyl groups excluding tert-OH is 2. The summed E-state index contributed by atoms with van der Waals surface area (Å²) in [6.07, 6.45) is 69.6. The largest absolute Gasteiger partial charge is 0.394 e. The van der Waals surface area contributed by atoms with Crippen LogP contribution < -0.4 is 5.32 Å². The molecule has 0 radical (unpaired) electrons. The summed E-state index contributed by atoms with van der Waals surface area (Å²) >= 11 is 0. The topological polar surface area (TPSA) is 69.6 Å². The molecule has 0 spiro atoms. The maximum absolute atomic E-state index is 12.4. The molecular weight excluding hydrogens is 699 g/mol. The molecule has 57 heavy (non-hydrogen) atoms. The summed E-state index contributed by atoms with van der Waals surface area (Å²) in [6.45, 7) is 4.23. The highest BCUT2D eigenvalue weighted by Crippen LogP contribution is 2.16. The molecule has 4 nitrogen and oxygen atoms in total. The van der Waals surface area contributed by atoms with Gasteiger partial charge in [0, 0.05) is 6.42 Å². The number of carbonyl (C=O) groups excluding carboxylic acids is 1. The van der Waals surface area contributed by atoms with Crippen LogP contribution in [0.2, 0.25) is 0 Å².